The monoisotopic (exact) mass is 318 g/mol. The second kappa shape index (κ2) is 6.90. The summed E-state index contributed by atoms with van der Waals surface area (Å²) in [5.74, 6) is -0.316. The van der Waals surface area contributed by atoms with Crippen molar-refractivity contribution in [1.82, 2.24) is 10.4 Å². The molecular formula is C14H14N4O3S. The van der Waals surface area contributed by atoms with E-state index in [1.807, 2.05) is 12.3 Å². The van der Waals surface area contributed by atoms with Crippen LogP contribution in [0.2, 0.25) is 0 Å². The predicted octanol–water partition coefficient (Wildman–Crippen LogP) is 2.44. The van der Waals surface area contributed by atoms with Gasteiger partial charge in [-0.25, -0.2) is 10.4 Å². The van der Waals surface area contributed by atoms with Gasteiger partial charge in [0.05, 0.1) is 33.3 Å². The largest absolute Gasteiger partial charge is 0.278 e. The number of nitro benzene ring substituents is 1. The minimum absolute atomic E-state index is 0.0480. The van der Waals surface area contributed by atoms with Crippen LogP contribution < -0.4 is 5.43 Å². The van der Waals surface area contributed by atoms with Crippen molar-refractivity contribution in [3.63, 3.8) is 0 Å². The summed E-state index contributed by atoms with van der Waals surface area (Å²) >= 11 is 1.47. The summed E-state index contributed by atoms with van der Waals surface area (Å²) in [6, 6.07) is 6.25. The van der Waals surface area contributed by atoms with Crippen molar-refractivity contribution in [2.75, 3.05) is 0 Å². The van der Waals surface area contributed by atoms with Crippen LogP contribution in [0.1, 0.15) is 23.2 Å². The molecule has 1 aromatic heterocycles. The SMILES string of the molecule is C/C(=N/NC(=O)Cc1csc(C)n1)c1ccccc1[N+](=O)[O-]. The Hall–Kier alpha value is -2.61. The van der Waals surface area contributed by atoms with Gasteiger partial charge in [0.2, 0.25) is 5.91 Å². The first-order valence-corrected chi connectivity index (χ1v) is 7.33. The van der Waals surface area contributed by atoms with Gasteiger partial charge in [-0.05, 0) is 19.9 Å². The van der Waals surface area contributed by atoms with E-state index in [0.717, 1.165) is 5.01 Å². The number of carbonyl (C=O) groups is 1. The second-order valence-electron chi connectivity index (χ2n) is 4.54. The zero-order valence-electron chi connectivity index (χ0n) is 12.1. The number of nitrogens with one attached hydrogen (secondary N) is 1. The molecule has 0 aliphatic rings. The summed E-state index contributed by atoms with van der Waals surface area (Å²) < 4.78 is 0. The van der Waals surface area contributed by atoms with Gasteiger partial charge in [0.15, 0.2) is 0 Å². The van der Waals surface area contributed by atoms with Crippen LogP contribution in [-0.4, -0.2) is 21.5 Å². The zero-order chi connectivity index (χ0) is 16.1. The molecule has 0 spiro atoms. The number of amides is 1. The van der Waals surface area contributed by atoms with Gasteiger partial charge < -0.3 is 0 Å². The Balaban J connectivity index is 2.06. The van der Waals surface area contributed by atoms with Crippen LogP contribution in [0.4, 0.5) is 5.69 Å². The fourth-order valence-electron chi connectivity index (χ4n) is 1.84. The molecule has 0 unspecified atom stereocenters. The Morgan fingerprint density at radius 3 is 2.82 bits per heavy atom. The Kier molecular flexibility index (Phi) is 4.95. The highest BCUT2D eigenvalue weighted by Gasteiger charge is 2.15. The van der Waals surface area contributed by atoms with Crippen molar-refractivity contribution in [2.45, 2.75) is 20.3 Å². The molecule has 22 heavy (non-hydrogen) atoms. The molecule has 2 rings (SSSR count). The number of carbonyl (C=O) groups excluding carboxylic acids is 1. The molecule has 0 saturated heterocycles. The number of rotatable bonds is 5. The Morgan fingerprint density at radius 1 is 1.45 bits per heavy atom. The molecule has 2 aromatic rings. The molecule has 0 aliphatic carbocycles. The van der Waals surface area contributed by atoms with Crippen LogP contribution in [0.15, 0.2) is 34.7 Å². The van der Waals surface area contributed by atoms with Gasteiger partial charge in [-0.2, -0.15) is 5.10 Å². The number of thiazole rings is 1. The third-order valence-electron chi connectivity index (χ3n) is 2.85. The lowest BCUT2D eigenvalue weighted by atomic mass is 10.1. The van der Waals surface area contributed by atoms with Crippen LogP contribution in [0.5, 0.6) is 0 Å². The number of aryl methyl sites for hydroxylation is 1. The van der Waals surface area contributed by atoms with E-state index in [1.165, 1.54) is 17.4 Å². The van der Waals surface area contributed by atoms with Gasteiger partial charge in [-0.3, -0.25) is 14.9 Å². The third-order valence-corrected chi connectivity index (χ3v) is 3.67. The van der Waals surface area contributed by atoms with Crippen LogP contribution in [-0.2, 0) is 11.2 Å². The molecular weight excluding hydrogens is 304 g/mol. The van der Waals surface area contributed by atoms with E-state index in [4.69, 9.17) is 0 Å². The van der Waals surface area contributed by atoms with Crippen LogP contribution in [0.3, 0.4) is 0 Å². The standard InChI is InChI=1S/C14H14N4O3S/c1-9(12-5-3-4-6-13(12)18(20)21)16-17-14(19)7-11-8-22-10(2)15-11/h3-6,8H,7H2,1-2H3,(H,17,19)/b16-9-. The maximum Gasteiger partial charge on any atom is 0.278 e. The number of hydrazone groups is 1. The smallest absolute Gasteiger partial charge is 0.273 e. The maximum atomic E-state index is 11.8. The molecule has 8 heteroatoms. The summed E-state index contributed by atoms with van der Waals surface area (Å²) in [7, 11) is 0. The van der Waals surface area contributed by atoms with E-state index in [1.54, 1.807) is 25.1 Å². The normalized spacial score (nSPS) is 11.3. The molecule has 1 aromatic carbocycles. The highest BCUT2D eigenvalue weighted by Crippen LogP contribution is 2.18. The molecule has 1 amide bonds. The number of para-hydroxylation sites is 1. The fraction of sp³-hybridized carbons (Fsp3) is 0.214. The van der Waals surface area contributed by atoms with E-state index >= 15 is 0 Å². The summed E-state index contributed by atoms with van der Waals surface area (Å²) in [6.45, 7) is 3.47. The first-order valence-electron chi connectivity index (χ1n) is 6.45. The number of nitrogens with zero attached hydrogens (tertiary/aromatic N) is 3. The minimum atomic E-state index is -0.478. The van der Waals surface area contributed by atoms with Gasteiger partial charge in [-0.15, -0.1) is 11.3 Å². The third kappa shape index (κ3) is 3.95. The summed E-state index contributed by atoms with van der Waals surface area (Å²) in [5.41, 5.74) is 3.77. The topological polar surface area (TPSA) is 97.5 Å². The molecule has 1 heterocycles. The molecule has 0 saturated carbocycles. The molecule has 1 N–H and O–H groups in total. The van der Waals surface area contributed by atoms with E-state index in [0.29, 0.717) is 17.0 Å². The molecule has 0 bridgehead atoms. The number of aromatic nitrogens is 1. The first-order chi connectivity index (χ1) is 10.5. The number of benzene rings is 1. The van der Waals surface area contributed by atoms with Gasteiger partial charge in [0, 0.05) is 11.4 Å². The average Bonchev–Trinajstić information content (AvgIpc) is 2.89. The van der Waals surface area contributed by atoms with Crippen molar-refractivity contribution in [2.24, 2.45) is 5.10 Å². The zero-order valence-corrected chi connectivity index (χ0v) is 12.9. The predicted molar refractivity (Wildman–Crippen MR) is 84.0 cm³/mol. The van der Waals surface area contributed by atoms with E-state index in [-0.39, 0.29) is 18.0 Å². The number of hydrogen-bond donors (Lipinski definition) is 1. The molecule has 7 nitrogen and oxygen atoms in total. The summed E-state index contributed by atoms with van der Waals surface area (Å²) in [6.07, 6.45) is 0.123. The fourth-order valence-corrected chi connectivity index (χ4v) is 2.45. The Labute approximate surface area is 130 Å². The lowest BCUT2D eigenvalue weighted by Crippen LogP contribution is -2.21. The second-order valence-corrected chi connectivity index (χ2v) is 5.60. The summed E-state index contributed by atoms with van der Waals surface area (Å²) in [5, 5.41) is 17.6. The molecule has 0 fully saturated rings. The molecule has 0 atom stereocenters. The van der Waals surface area contributed by atoms with Crippen molar-refractivity contribution in [3.8, 4) is 0 Å². The number of nitro groups is 1. The van der Waals surface area contributed by atoms with Crippen molar-refractivity contribution >= 4 is 28.6 Å². The first kappa shape index (κ1) is 15.8. The van der Waals surface area contributed by atoms with Crippen molar-refractivity contribution in [1.29, 1.82) is 0 Å². The number of hydrogen-bond acceptors (Lipinski definition) is 6. The van der Waals surface area contributed by atoms with Gasteiger partial charge in [0.1, 0.15) is 0 Å². The Morgan fingerprint density at radius 2 is 2.18 bits per heavy atom. The van der Waals surface area contributed by atoms with Gasteiger partial charge in [-0.1, -0.05) is 12.1 Å². The maximum absolute atomic E-state index is 11.8. The van der Waals surface area contributed by atoms with Crippen LogP contribution in [0.25, 0.3) is 0 Å². The van der Waals surface area contributed by atoms with Crippen molar-refractivity contribution in [3.05, 3.63) is 56.0 Å². The highest BCUT2D eigenvalue weighted by molar-refractivity contribution is 7.09. The highest BCUT2D eigenvalue weighted by atomic mass is 32.1. The van der Waals surface area contributed by atoms with Crippen molar-refractivity contribution < 1.29 is 9.72 Å². The lowest BCUT2D eigenvalue weighted by molar-refractivity contribution is -0.385. The summed E-state index contributed by atoms with van der Waals surface area (Å²) in [4.78, 5) is 26.5. The Bertz CT molecular complexity index is 739. The average molecular weight is 318 g/mol. The van der Waals surface area contributed by atoms with Crippen LogP contribution in [0, 0.1) is 17.0 Å². The van der Waals surface area contributed by atoms with Gasteiger partial charge >= 0.3 is 0 Å². The minimum Gasteiger partial charge on any atom is -0.273 e. The van der Waals surface area contributed by atoms with E-state index < -0.39 is 4.92 Å². The lowest BCUT2D eigenvalue weighted by Gasteiger charge is -2.03. The van der Waals surface area contributed by atoms with E-state index in [2.05, 4.69) is 15.5 Å². The molecule has 0 aliphatic heterocycles. The van der Waals surface area contributed by atoms with E-state index in [9.17, 15) is 14.9 Å². The quantitative estimate of drug-likeness (QED) is 0.520. The van der Waals surface area contributed by atoms with Crippen LogP contribution >= 0.6 is 11.3 Å². The molecule has 114 valence electrons. The van der Waals surface area contributed by atoms with Gasteiger partial charge in [0.25, 0.3) is 5.69 Å². The molecule has 0 radical (unpaired) electrons.